The highest BCUT2D eigenvalue weighted by molar-refractivity contribution is 9.10. The third kappa shape index (κ3) is 1.18. The van der Waals surface area contributed by atoms with Crippen LogP contribution < -0.4 is 0 Å². The first-order chi connectivity index (χ1) is 6.11. The molecular weight excluding hydrogens is 228 g/mol. The molecule has 0 aliphatic carbocycles. The molecule has 0 atom stereocenters. The van der Waals surface area contributed by atoms with E-state index in [4.69, 9.17) is 0 Å². The molecule has 3 heteroatoms. The van der Waals surface area contributed by atoms with Crippen molar-refractivity contribution in [3.63, 3.8) is 0 Å². The van der Waals surface area contributed by atoms with Crippen molar-refractivity contribution >= 4 is 26.8 Å². The summed E-state index contributed by atoms with van der Waals surface area (Å²) >= 11 is 3.59. The van der Waals surface area contributed by atoms with Crippen molar-refractivity contribution in [2.24, 2.45) is 7.05 Å². The van der Waals surface area contributed by atoms with E-state index in [-0.39, 0.29) is 0 Å². The molecule has 68 valence electrons. The van der Waals surface area contributed by atoms with Crippen molar-refractivity contribution in [1.82, 2.24) is 9.78 Å². The summed E-state index contributed by atoms with van der Waals surface area (Å²) in [4.78, 5) is 0. The van der Waals surface area contributed by atoms with Gasteiger partial charge in [0.25, 0.3) is 0 Å². The lowest BCUT2D eigenvalue weighted by molar-refractivity contribution is 0.783. The Morgan fingerprint density at radius 3 is 2.69 bits per heavy atom. The minimum atomic E-state index is 1.08. The van der Waals surface area contributed by atoms with Crippen LogP contribution in [0.15, 0.2) is 16.6 Å². The minimum Gasteiger partial charge on any atom is -0.268 e. The van der Waals surface area contributed by atoms with Crippen molar-refractivity contribution in [3.8, 4) is 0 Å². The number of aromatic nitrogens is 2. The molecule has 1 aromatic heterocycles. The monoisotopic (exact) mass is 238 g/mol. The Morgan fingerprint density at radius 1 is 1.31 bits per heavy atom. The fraction of sp³-hybridized carbons (Fsp3) is 0.300. The Morgan fingerprint density at radius 2 is 2.00 bits per heavy atom. The lowest BCUT2D eigenvalue weighted by Crippen LogP contribution is -1.89. The van der Waals surface area contributed by atoms with Crippen molar-refractivity contribution in [2.45, 2.75) is 13.8 Å². The third-order valence-electron chi connectivity index (χ3n) is 2.32. The van der Waals surface area contributed by atoms with E-state index >= 15 is 0 Å². The summed E-state index contributed by atoms with van der Waals surface area (Å²) in [6.07, 6.45) is 0. The van der Waals surface area contributed by atoms with Gasteiger partial charge >= 0.3 is 0 Å². The molecule has 0 spiro atoms. The molecule has 1 aromatic carbocycles. The van der Waals surface area contributed by atoms with Crippen LogP contribution in [0.5, 0.6) is 0 Å². The molecule has 2 aromatic rings. The van der Waals surface area contributed by atoms with Crippen LogP contribution in [0.3, 0.4) is 0 Å². The molecule has 0 aliphatic heterocycles. The van der Waals surface area contributed by atoms with Gasteiger partial charge in [-0.2, -0.15) is 5.10 Å². The van der Waals surface area contributed by atoms with Gasteiger partial charge in [0.2, 0.25) is 0 Å². The van der Waals surface area contributed by atoms with E-state index in [9.17, 15) is 0 Å². The quantitative estimate of drug-likeness (QED) is 0.691. The molecule has 0 N–H and O–H groups in total. The van der Waals surface area contributed by atoms with Crippen LogP contribution in [0.2, 0.25) is 0 Å². The first kappa shape index (κ1) is 8.75. The van der Waals surface area contributed by atoms with Gasteiger partial charge in [-0.05, 0) is 41.4 Å². The number of halogens is 1. The highest BCUT2D eigenvalue weighted by Gasteiger charge is 2.09. The average molecular weight is 239 g/mol. The predicted molar refractivity (Wildman–Crippen MR) is 57.9 cm³/mol. The SMILES string of the molecule is Cc1ccc2c(c(C)nn2C)c1Br. The van der Waals surface area contributed by atoms with Crippen LogP contribution in [0.25, 0.3) is 10.9 Å². The van der Waals surface area contributed by atoms with Gasteiger partial charge in [-0.1, -0.05) is 6.07 Å². The molecule has 0 saturated heterocycles. The number of hydrogen-bond donors (Lipinski definition) is 0. The van der Waals surface area contributed by atoms with Crippen molar-refractivity contribution < 1.29 is 0 Å². The molecule has 0 bridgehead atoms. The summed E-state index contributed by atoms with van der Waals surface area (Å²) in [5, 5.41) is 5.60. The Bertz CT molecular complexity index is 471. The Labute approximate surface area is 85.7 Å². The Balaban J connectivity index is 2.98. The normalized spacial score (nSPS) is 11.1. The summed E-state index contributed by atoms with van der Waals surface area (Å²) in [5.41, 5.74) is 3.51. The van der Waals surface area contributed by atoms with Gasteiger partial charge in [0.15, 0.2) is 0 Å². The van der Waals surface area contributed by atoms with Crippen molar-refractivity contribution in [2.75, 3.05) is 0 Å². The van der Waals surface area contributed by atoms with Crippen molar-refractivity contribution in [3.05, 3.63) is 27.9 Å². The molecular formula is C10H11BrN2. The van der Waals surface area contributed by atoms with E-state index in [0.717, 1.165) is 10.2 Å². The van der Waals surface area contributed by atoms with Crippen LogP contribution in [0, 0.1) is 13.8 Å². The number of hydrogen-bond acceptors (Lipinski definition) is 1. The van der Waals surface area contributed by atoms with Crippen LogP contribution in [-0.4, -0.2) is 9.78 Å². The average Bonchev–Trinajstić information content (AvgIpc) is 2.35. The van der Waals surface area contributed by atoms with Gasteiger partial charge < -0.3 is 0 Å². The number of nitrogens with zero attached hydrogens (tertiary/aromatic N) is 2. The molecule has 1 heterocycles. The highest BCUT2D eigenvalue weighted by atomic mass is 79.9. The number of rotatable bonds is 0. The van der Waals surface area contributed by atoms with Crippen LogP contribution in [-0.2, 0) is 7.05 Å². The van der Waals surface area contributed by atoms with E-state index in [1.165, 1.54) is 16.5 Å². The molecule has 13 heavy (non-hydrogen) atoms. The van der Waals surface area contributed by atoms with Gasteiger partial charge in [0.05, 0.1) is 11.2 Å². The Kier molecular flexibility index (Phi) is 1.91. The van der Waals surface area contributed by atoms with E-state index in [1.54, 1.807) is 0 Å². The molecule has 0 unspecified atom stereocenters. The lowest BCUT2D eigenvalue weighted by Gasteiger charge is -2.00. The van der Waals surface area contributed by atoms with Gasteiger partial charge in [-0.15, -0.1) is 0 Å². The van der Waals surface area contributed by atoms with Crippen LogP contribution >= 0.6 is 15.9 Å². The lowest BCUT2D eigenvalue weighted by atomic mass is 10.1. The van der Waals surface area contributed by atoms with Crippen LogP contribution in [0.4, 0.5) is 0 Å². The summed E-state index contributed by atoms with van der Waals surface area (Å²) in [6, 6.07) is 4.21. The smallest absolute Gasteiger partial charge is 0.0693 e. The minimum absolute atomic E-state index is 1.08. The van der Waals surface area contributed by atoms with Gasteiger partial charge in [0, 0.05) is 16.9 Å². The summed E-state index contributed by atoms with van der Waals surface area (Å²) in [7, 11) is 1.97. The maximum atomic E-state index is 4.38. The van der Waals surface area contributed by atoms with E-state index < -0.39 is 0 Å². The third-order valence-corrected chi connectivity index (χ3v) is 3.35. The van der Waals surface area contributed by atoms with Gasteiger partial charge in [-0.25, -0.2) is 0 Å². The topological polar surface area (TPSA) is 17.8 Å². The van der Waals surface area contributed by atoms with Crippen LogP contribution in [0.1, 0.15) is 11.3 Å². The predicted octanol–water partition coefficient (Wildman–Crippen LogP) is 2.95. The van der Waals surface area contributed by atoms with Crippen molar-refractivity contribution in [1.29, 1.82) is 0 Å². The summed E-state index contributed by atoms with van der Waals surface area (Å²) < 4.78 is 3.07. The Hall–Kier alpha value is -0.830. The first-order valence-corrected chi connectivity index (χ1v) is 4.99. The summed E-state index contributed by atoms with van der Waals surface area (Å²) in [5.74, 6) is 0. The van der Waals surface area contributed by atoms with E-state index in [0.29, 0.717) is 0 Å². The highest BCUT2D eigenvalue weighted by Crippen LogP contribution is 2.29. The molecule has 0 fully saturated rings. The van der Waals surface area contributed by atoms with E-state index in [2.05, 4.69) is 40.1 Å². The number of fused-ring (bicyclic) bond motifs is 1. The standard InChI is InChI=1S/C10H11BrN2/c1-6-4-5-8-9(10(6)11)7(2)12-13(8)3/h4-5H,1-3H3. The second kappa shape index (κ2) is 2.84. The molecule has 2 nitrogen and oxygen atoms in total. The summed E-state index contributed by atoms with van der Waals surface area (Å²) in [6.45, 7) is 4.13. The van der Waals surface area contributed by atoms with Gasteiger partial charge in [-0.3, -0.25) is 4.68 Å². The molecule has 0 saturated carbocycles. The largest absolute Gasteiger partial charge is 0.268 e. The number of aryl methyl sites for hydroxylation is 3. The second-order valence-electron chi connectivity index (χ2n) is 3.30. The zero-order valence-electron chi connectivity index (χ0n) is 7.93. The van der Waals surface area contributed by atoms with E-state index in [1.807, 2.05) is 18.7 Å². The zero-order valence-corrected chi connectivity index (χ0v) is 9.51. The fourth-order valence-electron chi connectivity index (χ4n) is 1.61. The molecule has 0 aliphatic rings. The molecule has 0 amide bonds. The molecule has 0 radical (unpaired) electrons. The maximum absolute atomic E-state index is 4.38. The maximum Gasteiger partial charge on any atom is 0.0693 e. The zero-order chi connectivity index (χ0) is 9.59. The first-order valence-electron chi connectivity index (χ1n) is 4.19. The fourth-order valence-corrected chi connectivity index (χ4v) is 2.23. The number of benzene rings is 1. The second-order valence-corrected chi connectivity index (χ2v) is 4.09. The molecule has 2 rings (SSSR count). The van der Waals surface area contributed by atoms with Gasteiger partial charge in [0.1, 0.15) is 0 Å².